The van der Waals surface area contributed by atoms with Crippen molar-refractivity contribution >= 4 is 17.5 Å². The minimum Gasteiger partial charge on any atom is -0.375 e. The highest BCUT2D eigenvalue weighted by Crippen LogP contribution is 2.47. The number of carbonyl (C=O) groups is 1. The Bertz CT molecular complexity index is 532. The van der Waals surface area contributed by atoms with E-state index in [0.29, 0.717) is 23.4 Å². The number of fused-ring (bicyclic) bond motifs is 2. The molecule has 2 aliphatic carbocycles. The fourth-order valence-corrected chi connectivity index (χ4v) is 4.18. The van der Waals surface area contributed by atoms with Crippen LogP contribution in [0.2, 0.25) is 5.02 Å². The van der Waals surface area contributed by atoms with Crippen LogP contribution in [-0.4, -0.2) is 25.6 Å². The normalized spacial score (nSPS) is 31.2. The third-order valence-corrected chi connectivity index (χ3v) is 5.52. The van der Waals surface area contributed by atoms with Gasteiger partial charge in [-0.15, -0.1) is 0 Å². The van der Waals surface area contributed by atoms with Gasteiger partial charge in [0.15, 0.2) is 0 Å². The van der Waals surface area contributed by atoms with Gasteiger partial charge in [0.2, 0.25) is 5.91 Å². The molecule has 5 heteroatoms. The van der Waals surface area contributed by atoms with Crippen LogP contribution >= 0.6 is 11.6 Å². The molecule has 0 spiro atoms. The van der Waals surface area contributed by atoms with Crippen LogP contribution in [0.1, 0.15) is 30.9 Å². The van der Waals surface area contributed by atoms with Gasteiger partial charge in [0.1, 0.15) is 0 Å². The molecule has 22 heavy (non-hydrogen) atoms. The van der Waals surface area contributed by atoms with E-state index in [2.05, 4.69) is 5.32 Å². The van der Waals surface area contributed by atoms with Crippen LogP contribution in [0.5, 0.6) is 0 Å². The van der Waals surface area contributed by atoms with E-state index >= 15 is 0 Å². The Morgan fingerprint density at radius 3 is 2.64 bits per heavy atom. The van der Waals surface area contributed by atoms with Crippen LogP contribution in [0, 0.1) is 17.8 Å². The van der Waals surface area contributed by atoms with Crippen molar-refractivity contribution in [2.45, 2.75) is 31.4 Å². The minimum absolute atomic E-state index is 0.0234. The molecule has 3 rings (SSSR count). The topological polar surface area (TPSA) is 64.3 Å². The van der Waals surface area contributed by atoms with Crippen molar-refractivity contribution in [1.29, 1.82) is 0 Å². The van der Waals surface area contributed by atoms with Crippen molar-refractivity contribution in [2.75, 3.05) is 13.7 Å². The van der Waals surface area contributed by atoms with E-state index in [9.17, 15) is 4.79 Å². The number of nitrogens with two attached hydrogens (primary N) is 1. The number of carbonyl (C=O) groups excluding carboxylic acids is 1. The van der Waals surface area contributed by atoms with Crippen molar-refractivity contribution in [3.8, 4) is 0 Å². The second kappa shape index (κ2) is 6.57. The summed E-state index contributed by atoms with van der Waals surface area (Å²) in [6, 6.07) is 7.53. The monoisotopic (exact) mass is 322 g/mol. The standard InChI is InChI=1S/C17H23ClN2O2/c1-22-14(10-4-6-13(18)7-5-10)9-20-17(21)15-11-2-3-12(8-11)16(15)19/h4-7,11-12,14-16H,2-3,8-9,19H2,1H3,(H,20,21). The van der Waals surface area contributed by atoms with Gasteiger partial charge < -0.3 is 15.8 Å². The zero-order valence-electron chi connectivity index (χ0n) is 12.8. The van der Waals surface area contributed by atoms with Gasteiger partial charge in [-0.25, -0.2) is 0 Å². The zero-order valence-corrected chi connectivity index (χ0v) is 13.6. The lowest BCUT2D eigenvalue weighted by Gasteiger charge is -2.27. The van der Waals surface area contributed by atoms with Gasteiger partial charge in [0.05, 0.1) is 12.0 Å². The summed E-state index contributed by atoms with van der Waals surface area (Å²) in [7, 11) is 1.65. The largest absolute Gasteiger partial charge is 0.375 e. The number of hydrogen-bond donors (Lipinski definition) is 2. The van der Waals surface area contributed by atoms with Crippen LogP contribution in [-0.2, 0) is 9.53 Å². The second-order valence-electron chi connectivity index (χ2n) is 6.46. The number of hydrogen-bond acceptors (Lipinski definition) is 3. The lowest BCUT2D eigenvalue weighted by Crippen LogP contribution is -2.46. The first-order valence-corrected chi connectivity index (χ1v) is 8.29. The first-order chi connectivity index (χ1) is 10.6. The van der Waals surface area contributed by atoms with Crippen molar-refractivity contribution in [2.24, 2.45) is 23.5 Å². The van der Waals surface area contributed by atoms with E-state index in [0.717, 1.165) is 18.4 Å². The van der Waals surface area contributed by atoms with Gasteiger partial charge in [-0.3, -0.25) is 4.79 Å². The quantitative estimate of drug-likeness (QED) is 0.875. The van der Waals surface area contributed by atoms with Crippen molar-refractivity contribution < 1.29 is 9.53 Å². The summed E-state index contributed by atoms with van der Waals surface area (Å²) < 4.78 is 5.49. The molecule has 0 aliphatic heterocycles. The number of halogens is 1. The van der Waals surface area contributed by atoms with Crippen LogP contribution in [0.3, 0.4) is 0 Å². The molecule has 0 saturated heterocycles. The first kappa shape index (κ1) is 15.8. The lowest BCUT2D eigenvalue weighted by atomic mass is 9.84. The van der Waals surface area contributed by atoms with Gasteiger partial charge in [0, 0.05) is 24.7 Å². The molecule has 2 saturated carbocycles. The molecule has 2 fully saturated rings. The van der Waals surface area contributed by atoms with E-state index in [4.69, 9.17) is 22.1 Å². The molecule has 0 aromatic heterocycles. The summed E-state index contributed by atoms with van der Waals surface area (Å²) in [5, 5.41) is 3.72. The van der Waals surface area contributed by atoms with Crippen molar-refractivity contribution in [3.05, 3.63) is 34.9 Å². The zero-order chi connectivity index (χ0) is 15.7. The highest BCUT2D eigenvalue weighted by atomic mass is 35.5. The van der Waals surface area contributed by atoms with Crippen LogP contribution in [0.15, 0.2) is 24.3 Å². The fraction of sp³-hybridized carbons (Fsp3) is 0.588. The van der Waals surface area contributed by atoms with E-state index in [1.54, 1.807) is 7.11 Å². The Hall–Kier alpha value is -1.10. The molecule has 1 aromatic carbocycles. The molecule has 120 valence electrons. The van der Waals surface area contributed by atoms with E-state index in [1.807, 2.05) is 24.3 Å². The predicted octanol–water partition coefficient (Wildman–Crippen LogP) is 2.52. The summed E-state index contributed by atoms with van der Waals surface area (Å²) in [5.74, 6) is 1.06. The molecule has 3 N–H and O–H groups in total. The molecular weight excluding hydrogens is 300 g/mol. The maximum absolute atomic E-state index is 12.5. The molecule has 5 atom stereocenters. The number of ether oxygens (including phenoxy) is 1. The fourth-order valence-electron chi connectivity index (χ4n) is 4.05. The number of amides is 1. The van der Waals surface area contributed by atoms with E-state index < -0.39 is 0 Å². The van der Waals surface area contributed by atoms with E-state index in [-0.39, 0.29) is 24.0 Å². The van der Waals surface area contributed by atoms with Crippen molar-refractivity contribution in [1.82, 2.24) is 5.32 Å². The summed E-state index contributed by atoms with van der Waals surface area (Å²) in [6.45, 7) is 0.456. The molecular formula is C17H23ClN2O2. The van der Waals surface area contributed by atoms with Gasteiger partial charge >= 0.3 is 0 Å². The third-order valence-electron chi connectivity index (χ3n) is 5.27. The lowest BCUT2D eigenvalue weighted by molar-refractivity contribution is -0.127. The summed E-state index contributed by atoms with van der Waals surface area (Å²) >= 11 is 5.90. The summed E-state index contributed by atoms with van der Waals surface area (Å²) in [5.41, 5.74) is 7.23. The Kier molecular flexibility index (Phi) is 4.71. The average Bonchev–Trinajstić information content (AvgIpc) is 3.10. The Morgan fingerprint density at radius 1 is 1.36 bits per heavy atom. The number of rotatable bonds is 5. The smallest absolute Gasteiger partial charge is 0.225 e. The highest BCUT2D eigenvalue weighted by Gasteiger charge is 2.49. The summed E-state index contributed by atoms with van der Waals surface area (Å²) in [4.78, 5) is 12.5. The molecule has 1 amide bonds. The summed E-state index contributed by atoms with van der Waals surface area (Å²) in [6.07, 6.45) is 3.27. The van der Waals surface area contributed by atoms with Gasteiger partial charge in [0.25, 0.3) is 0 Å². The molecule has 5 unspecified atom stereocenters. The average molecular weight is 323 g/mol. The molecule has 2 aliphatic rings. The van der Waals surface area contributed by atoms with Crippen LogP contribution in [0.4, 0.5) is 0 Å². The minimum atomic E-state index is -0.170. The first-order valence-electron chi connectivity index (χ1n) is 7.91. The number of methoxy groups -OCH3 is 1. The molecule has 4 nitrogen and oxygen atoms in total. The van der Waals surface area contributed by atoms with Crippen LogP contribution < -0.4 is 11.1 Å². The highest BCUT2D eigenvalue weighted by molar-refractivity contribution is 6.30. The van der Waals surface area contributed by atoms with Gasteiger partial charge in [-0.1, -0.05) is 23.7 Å². The Balaban J connectivity index is 1.59. The number of benzene rings is 1. The number of nitrogens with one attached hydrogen (secondary N) is 1. The maximum atomic E-state index is 12.5. The Labute approximate surface area is 136 Å². The van der Waals surface area contributed by atoms with Crippen molar-refractivity contribution in [3.63, 3.8) is 0 Å². The third kappa shape index (κ3) is 3.00. The molecule has 0 heterocycles. The van der Waals surface area contributed by atoms with Gasteiger partial charge in [-0.05, 0) is 48.8 Å². The second-order valence-corrected chi connectivity index (χ2v) is 6.89. The van der Waals surface area contributed by atoms with Crippen LogP contribution in [0.25, 0.3) is 0 Å². The molecule has 2 bridgehead atoms. The molecule has 0 radical (unpaired) electrons. The van der Waals surface area contributed by atoms with E-state index in [1.165, 1.54) is 6.42 Å². The van der Waals surface area contributed by atoms with Gasteiger partial charge in [-0.2, -0.15) is 0 Å². The predicted molar refractivity (Wildman–Crippen MR) is 86.5 cm³/mol. The SMILES string of the molecule is COC(CNC(=O)C1C2CCC(C2)C1N)c1ccc(Cl)cc1. The maximum Gasteiger partial charge on any atom is 0.225 e. The molecule has 1 aromatic rings. The Morgan fingerprint density at radius 2 is 2.05 bits per heavy atom.